The van der Waals surface area contributed by atoms with Crippen LogP contribution < -0.4 is 4.90 Å². The number of halogens is 3. The molecule has 1 aliphatic heterocycles. The van der Waals surface area contributed by atoms with Crippen LogP contribution in [0, 0.1) is 5.82 Å². The quantitative estimate of drug-likeness (QED) is 0.753. The van der Waals surface area contributed by atoms with Gasteiger partial charge in [-0.15, -0.1) is 11.6 Å². The number of hydrogen-bond donors (Lipinski definition) is 0. The molecule has 2 aromatic rings. The Hall–Kier alpha value is -1.58. The van der Waals surface area contributed by atoms with E-state index in [9.17, 15) is 9.18 Å². The minimum Gasteiger partial charge on any atom is -0.315 e. The number of fused-ring (bicyclic) bond motifs is 1. The maximum absolute atomic E-state index is 13.9. The van der Waals surface area contributed by atoms with E-state index in [-0.39, 0.29) is 5.91 Å². The van der Waals surface area contributed by atoms with Crippen molar-refractivity contribution in [2.75, 3.05) is 11.9 Å². The van der Waals surface area contributed by atoms with Crippen molar-refractivity contribution in [2.24, 2.45) is 0 Å². The summed E-state index contributed by atoms with van der Waals surface area (Å²) in [6, 6.07) is 9.82. The summed E-state index contributed by atoms with van der Waals surface area (Å²) in [4.78, 5) is 13.3. The van der Waals surface area contributed by atoms with Gasteiger partial charge in [0.05, 0.1) is 11.8 Å². The fraction of sp³-hybridized carbons (Fsp3) is 0.188. The first kappa shape index (κ1) is 14.4. The van der Waals surface area contributed by atoms with Crippen LogP contribution >= 0.6 is 23.2 Å². The smallest absolute Gasteiger partial charge is 0.231 e. The molecular weight excluding hydrogens is 312 g/mol. The van der Waals surface area contributed by atoms with Crippen LogP contribution in [0.25, 0.3) is 0 Å². The second-order valence-electron chi connectivity index (χ2n) is 5.05. The van der Waals surface area contributed by atoms with E-state index in [1.165, 1.54) is 18.2 Å². The van der Waals surface area contributed by atoms with E-state index in [0.717, 1.165) is 16.8 Å². The average Bonchev–Trinajstić information content (AvgIpc) is 2.75. The molecular formula is C16H12Cl2FNO. The lowest BCUT2D eigenvalue weighted by Crippen LogP contribution is -2.20. The fourth-order valence-electron chi connectivity index (χ4n) is 2.54. The van der Waals surface area contributed by atoms with Gasteiger partial charge in [-0.05, 0) is 35.4 Å². The lowest BCUT2D eigenvalue weighted by molar-refractivity contribution is -0.117. The van der Waals surface area contributed by atoms with Crippen molar-refractivity contribution in [3.8, 4) is 0 Å². The monoisotopic (exact) mass is 323 g/mol. The first-order chi connectivity index (χ1) is 9.97. The van der Waals surface area contributed by atoms with Gasteiger partial charge in [-0.25, -0.2) is 4.39 Å². The van der Waals surface area contributed by atoms with Crippen molar-refractivity contribution >= 4 is 34.8 Å². The molecule has 0 bridgehead atoms. The van der Waals surface area contributed by atoms with E-state index < -0.39 is 11.2 Å². The number of nitrogens with zero attached hydrogens (tertiary/aromatic N) is 1. The summed E-state index contributed by atoms with van der Waals surface area (Å²) >= 11 is 12.3. The number of benzene rings is 2. The van der Waals surface area contributed by atoms with Crippen LogP contribution in [-0.4, -0.2) is 13.0 Å². The minimum atomic E-state index is -0.644. The molecule has 3 rings (SSSR count). The normalized spacial score (nSPS) is 15.2. The molecule has 1 aliphatic rings. The molecule has 0 saturated heterocycles. The second kappa shape index (κ2) is 5.32. The highest BCUT2D eigenvalue weighted by Gasteiger charge is 2.25. The zero-order valence-corrected chi connectivity index (χ0v) is 12.7. The molecule has 0 aliphatic carbocycles. The molecule has 2 nitrogen and oxygen atoms in total. The lowest BCUT2D eigenvalue weighted by Gasteiger charge is -2.14. The van der Waals surface area contributed by atoms with Gasteiger partial charge in [-0.1, -0.05) is 23.7 Å². The van der Waals surface area contributed by atoms with Crippen molar-refractivity contribution < 1.29 is 9.18 Å². The molecule has 1 heterocycles. The van der Waals surface area contributed by atoms with E-state index >= 15 is 0 Å². The first-order valence-corrected chi connectivity index (χ1v) is 7.27. The summed E-state index contributed by atoms with van der Waals surface area (Å²) in [5.74, 6) is -0.352. The summed E-state index contributed by atoms with van der Waals surface area (Å²) in [7, 11) is 1.74. The summed E-state index contributed by atoms with van der Waals surface area (Å²) in [6.45, 7) is 0. The van der Waals surface area contributed by atoms with Gasteiger partial charge in [0.2, 0.25) is 5.91 Å². The molecule has 0 saturated carbocycles. The topological polar surface area (TPSA) is 20.3 Å². The Labute approximate surface area is 132 Å². The Kier molecular flexibility index (Phi) is 3.64. The molecule has 2 aromatic carbocycles. The number of hydrogen-bond acceptors (Lipinski definition) is 1. The van der Waals surface area contributed by atoms with Crippen LogP contribution in [0.2, 0.25) is 5.02 Å². The molecule has 0 spiro atoms. The molecule has 1 atom stereocenters. The molecule has 0 fully saturated rings. The van der Waals surface area contributed by atoms with Crippen molar-refractivity contribution in [3.05, 3.63) is 63.9 Å². The van der Waals surface area contributed by atoms with Gasteiger partial charge >= 0.3 is 0 Å². The summed E-state index contributed by atoms with van der Waals surface area (Å²) in [5.41, 5.74) is 2.87. The molecule has 0 N–H and O–H groups in total. The fourth-order valence-corrected chi connectivity index (χ4v) is 3.02. The second-order valence-corrected chi connectivity index (χ2v) is 5.92. The first-order valence-electron chi connectivity index (χ1n) is 6.46. The predicted molar refractivity (Wildman–Crippen MR) is 82.7 cm³/mol. The summed E-state index contributed by atoms with van der Waals surface area (Å²) in [5, 5.41) is -0.205. The Morgan fingerprint density at radius 3 is 2.76 bits per heavy atom. The highest BCUT2D eigenvalue weighted by molar-refractivity contribution is 6.31. The highest BCUT2D eigenvalue weighted by Crippen LogP contribution is 2.36. The SMILES string of the molecule is CN1C(=O)Cc2cc(C(Cl)c3cc(Cl)ccc3F)ccc21. The Balaban J connectivity index is 2.00. The van der Waals surface area contributed by atoms with E-state index in [1.807, 2.05) is 18.2 Å². The van der Waals surface area contributed by atoms with E-state index in [0.29, 0.717) is 17.0 Å². The number of anilines is 1. The van der Waals surface area contributed by atoms with Crippen molar-refractivity contribution in [3.63, 3.8) is 0 Å². The van der Waals surface area contributed by atoms with Gasteiger partial charge in [0.15, 0.2) is 0 Å². The zero-order valence-electron chi connectivity index (χ0n) is 11.2. The zero-order chi connectivity index (χ0) is 15.1. The standard InChI is InChI=1S/C16H12Cl2FNO/c1-20-14-5-2-9(6-10(14)7-15(20)21)16(18)12-8-11(17)3-4-13(12)19/h2-6,8,16H,7H2,1H3. The van der Waals surface area contributed by atoms with E-state index in [1.54, 1.807) is 11.9 Å². The number of alkyl halides is 1. The van der Waals surface area contributed by atoms with Crippen LogP contribution in [0.1, 0.15) is 22.1 Å². The van der Waals surface area contributed by atoms with Gasteiger partial charge in [0.1, 0.15) is 5.82 Å². The third-order valence-corrected chi connectivity index (χ3v) is 4.43. The van der Waals surface area contributed by atoms with E-state index in [4.69, 9.17) is 23.2 Å². The van der Waals surface area contributed by atoms with Gasteiger partial charge in [0.25, 0.3) is 0 Å². The van der Waals surface area contributed by atoms with Crippen LogP contribution in [0.5, 0.6) is 0 Å². The van der Waals surface area contributed by atoms with Crippen LogP contribution in [0.3, 0.4) is 0 Å². The Morgan fingerprint density at radius 2 is 2.00 bits per heavy atom. The lowest BCUT2D eigenvalue weighted by atomic mass is 10.0. The molecule has 108 valence electrons. The highest BCUT2D eigenvalue weighted by atomic mass is 35.5. The number of carbonyl (C=O) groups excluding carboxylic acids is 1. The van der Waals surface area contributed by atoms with Crippen LogP contribution in [0.15, 0.2) is 36.4 Å². The van der Waals surface area contributed by atoms with Gasteiger partial charge in [0, 0.05) is 23.3 Å². The van der Waals surface area contributed by atoms with Gasteiger partial charge in [-0.3, -0.25) is 4.79 Å². The predicted octanol–water partition coefficient (Wildman–Crippen LogP) is 4.33. The Morgan fingerprint density at radius 1 is 1.24 bits per heavy atom. The number of likely N-dealkylation sites (N-methyl/N-ethyl adjacent to an activating group) is 1. The molecule has 21 heavy (non-hydrogen) atoms. The third kappa shape index (κ3) is 2.52. The number of carbonyl (C=O) groups is 1. The van der Waals surface area contributed by atoms with Gasteiger partial charge in [-0.2, -0.15) is 0 Å². The number of amides is 1. The van der Waals surface area contributed by atoms with Crippen molar-refractivity contribution in [1.82, 2.24) is 0 Å². The van der Waals surface area contributed by atoms with Gasteiger partial charge < -0.3 is 4.90 Å². The Bertz CT molecular complexity index is 732. The largest absolute Gasteiger partial charge is 0.315 e. The molecule has 1 unspecified atom stereocenters. The van der Waals surface area contributed by atoms with E-state index in [2.05, 4.69) is 0 Å². The summed E-state index contributed by atoms with van der Waals surface area (Å²) in [6.07, 6.45) is 0.349. The molecule has 0 radical (unpaired) electrons. The van der Waals surface area contributed by atoms with Crippen molar-refractivity contribution in [1.29, 1.82) is 0 Å². The summed E-state index contributed by atoms with van der Waals surface area (Å²) < 4.78 is 13.9. The van der Waals surface area contributed by atoms with Crippen LogP contribution in [0.4, 0.5) is 10.1 Å². The minimum absolute atomic E-state index is 0.0437. The average molecular weight is 324 g/mol. The third-order valence-electron chi connectivity index (χ3n) is 3.70. The van der Waals surface area contributed by atoms with Crippen molar-refractivity contribution in [2.45, 2.75) is 11.8 Å². The van der Waals surface area contributed by atoms with Crippen LogP contribution in [-0.2, 0) is 11.2 Å². The maximum Gasteiger partial charge on any atom is 0.231 e. The molecule has 1 amide bonds. The molecule has 0 aromatic heterocycles. The molecule has 5 heteroatoms. The number of rotatable bonds is 2. The maximum atomic E-state index is 13.9.